The van der Waals surface area contributed by atoms with Gasteiger partial charge in [-0.1, -0.05) is 30.3 Å². The lowest BCUT2D eigenvalue weighted by Crippen LogP contribution is -2.23. The standard InChI is InChI=1S/C16H18N4O3/c1-23-11-13-6-2-3-8-15(13)19-16(17)18-10-12-5-4-7-14(9-12)20(21)22/h2-9H,10-11H2,1H3,(H3,17,18,19). The van der Waals surface area contributed by atoms with Crippen molar-refractivity contribution in [2.75, 3.05) is 12.4 Å². The van der Waals surface area contributed by atoms with Crippen LogP contribution in [0.5, 0.6) is 0 Å². The van der Waals surface area contributed by atoms with Gasteiger partial charge in [0.2, 0.25) is 0 Å². The Morgan fingerprint density at radius 1 is 1.30 bits per heavy atom. The first-order valence-corrected chi connectivity index (χ1v) is 6.97. The van der Waals surface area contributed by atoms with Gasteiger partial charge in [0.25, 0.3) is 5.69 Å². The Hall–Kier alpha value is -2.93. The van der Waals surface area contributed by atoms with Gasteiger partial charge >= 0.3 is 0 Å². The van der Waals surface area contributed by atoms with Crippen LogP contribution in [0.3, 0.4) is 0 Å². The second kappa shape index (κ2) is 7.90. The molecule has 2 rings (SSSR count). The Balaban J connectivity index is 2.06. The molecule has 120 valence electrons. The Morgan fingerprint density at radius 3 is 2.83 bits per heavy atom. The second-order valence-electron chi connectivity index (χ2n) is 4.84. The van der Waals surface area contributed by atoms with E-state index in [2.05, 4.69) is 10.3 Å². The lowest BCUT2D eigenvalue weighted by Gasteiger charge is -2.10. The van der Waals surface area contributed by atoms with Crippen molar-refractivity contribution in [3.63, 3.8) is 0 Å². The molecule has 0 aliphatic heterocycles. The van der Waals surface area contributed by atoms with E-state index in [1.54, 1.807) is 19.2 Å². The number of nitro benzene ring substituents is 1. The fourth-order valence-corrected chi connectivity index (χ4v) is 2.05. The minimum absolute atomic E-state index is 0.0367. The minimum Gasteiger partial charge on any atom is -0.380 e. The van der Waals surface area contributed by atoms with Crippen molar-refractivity contribution < 1.29 is 9.66 Å². The quantitative estimate of drug-likeness (QED) is 0.369. The van der Waals surface area contributed by atoms with Crippen molar-refractivity contribution in [1.29, 1.82) is 0 Å². The minimum atomic E-state index is -0.435. The molecule has 2 aromatic carbocycles. The Labute approximate surface area is 133 Å². The average Bonchev–Trinajstić information content (AvgIpc) is 2.55. The third-order valence-corrected chi connectivity index (χ3v) is 3.13. The molecule has 0 aromatic heterocycles. The van der Waals surface area contributed by atoms with Gasteiger partial charge in [-0.2, -0.15) is 0 Å². The largest absolute Gasteiger partial charge is 0.380 e. The first-order valence-electron chi connectivity index (χ1n) is 6.97. The number of hydrogen-bond donors (Lipinski definition) is 2. The summed E-state index contributed by atoms with van der Waals surface area (Å²) in [5.41, 5.74) is 8.41. The Kier molecular flexibility index (Phi) is 5.65. The molecule has 2 aromatic rings. The highest BCUT2D eigenvalue weighted by molar-refractivity contribution is 5.92. The molecule has 0 heterocycles. The van der Waals surface area contributed by atoms with Gasteiger partial charge < -0.3 is 15.8 Å². The van der Waals surface area contributed by atoms with Crippen molar-refractivity contribution in [3.8, 4) is 0 Å². The Bertz CT molecular complexity index is 716. The molecule has 0 saturated heterocycles. The molecule has 0 bridgehead atoms. The van der Waals surface area contributed by atoms with Crippen molar-refractivity contribution in [3.05, 3.63) is 69.8 Å². The molecule has 0 unspecified atom stereocenters. The lowest BCUT2D eigenvalue weighted by molar-refractivity contribution is -0.384. The van der Waals surface area contributed by atoms with Crippen molar-refractivity contribution in [2.45, 2.75) is 13.2 Å². The van der Waals surface area contributed by atoms with Gasteiger partial charge in [0, 0.05) is 30.5 Å². The molecule has 0 atom stereocenters. The molecule has 0 aliphatic rings. The first-order chi connectivity index (χ1) is 11.1. The number of non-ortho nitro benzene ring substituents is 1. The molecule has 0 fully saturated rings. The van der Waals surface area contributed by atoms with Crippen molar-refractivity contribution in [2.24, 2.45) is 10.7 Å². The van der Waals surface area contributed by atoms with Crippen LogP contribution in [-0.2, 0) is 17.9 Å². The molecule has 0 aliphatic carbocycles. The Morgan fingerprint density at radius 2 is 2.09 bits per heavy atom. The number of nitrogens with two attached hydrogens (primary N) is 1. The lowest BCUT2D eigenvalue weighted by atomic mass is 10.2. The molecule has 7 heteroatoms. The van der Waals surface area contributed by atoms with E-state index < -0.39 is 4.92 Å². The monoisotopic (exact) mass is 314 g/mol. The summed E-state index contributed by atoms with van der Waals surface area (Å²) < 4.78 is 5.13. The fraction of sp³-hybridized carbons (Fsp3) is 0.188. The number of ether oxygens (including phenoxy) is 1. The van der Waals surface area contributed by atoms with Gasteiger partial charge in [-0.05, 0) is 11.6 Å². The number of benzene rings is 2. The second-order valence-corrected chi connectivity index (χ2v) is 4.84. The summed E-state index contributed by atoms with van der Waals surface area (Å²) in [4.78, 5) is 14.5. The maximum atomic E-state index is 10.8. The summed E-state index contributed by atoms with van der Waals surface area (Å²) in [7, 11) is 1.62. The highest BCUT2D eigenvalue weighted by Gasteiger charge is 2.06. The number of nitrogens with zero attached hydrogens (tertiary/aromatic N) is 2. The third kappa shape index (κ3) is 4.79. The molecular formula is C16H18N4O3. The van der Waals surface area contributed by atoms with Crippen LogP contribution >= 0.6 is 0 Å². The molecule has 0 saturated carbocycles. The zero-order valence-corrected chi connectivity index (χ0v) is 12.7. The third-order valence-electron chi connectivity index (χ3n) is 3.13. The topological polar surface area (TPSA) is 103 Å². The number of guanidine groups is 1. The van der Waals surface area contributed by atoms with E-state index in [1.165, 1.54) is 12.1 Å². The molecule has 0 amide bonds. The van der Waals surface area contributed by atoms with E-state index in [4.69, 9.17) is 10.5 Å². The van der Waals surface area contributed by atoms with Gasteiger partial charge in [0.15, 0.2) is 5.96 Å². The van der Waals surface area contributed by atoms with Gasteiger partial charge in [-0.25, -0.2) is 4.99 Å². The van der Waals surface area contributed by atoms with Gasteiger partial charge in [-0.15, -0.1) is 0 Å². The predicted octanol–water partition coefficient (Wildman–Crippen LogP) is 2.67. The number of anilines is 1. The summed E-state index contributed by atoms with van der Waals surface area (Å²) >= 11 is 0. The van der Waals surface area contributed by atoms with Crippen molar-refractivity contribution in [1.82, 2.24) is 0 Å². The van der Waals surface area contributed by atoms with E-state index >= 15 is 0 Å². The van der Waals surface area contributed by atoms with E-state index in [0.29, 0.717) is 12.2 Å². The number of aliphatic imine (C=N–C) groups is 1. The zero-order chi connectivity index (χ0) is 16.7. The summed E-state index contributed by atoms with van der Waals surface area (Å²) in [5.74, 6) is 0.236. The van der Waals surface area contributed by atoms with Crippen LogP contribution in [-0.4, -0.2) is 18.0 Å². The van der Waals surface area contributed by atoms with Crippen LogP contribution in [0.4, 0.5) is 11.4 Å². The van der Waals surface area contributed by atoms with Crippen LogP contribution in [0.1, 0.15) is 11.1 Å². The van der Waals surface area contributed by atoms with E-state index in [0.717, 1.165) is 11.3 Å². The molecule has 3 N–H and O–H groups in total. The van der Waals surface area contributed by atoms with Gasteiger partial charge in [0.1, 0.15) is 0 Å². The fourth-order valence-electron chi connectivity index (χ4n) is 2.05. The first kappa shape index (κ1) is 16.4. The molecule has 0 radical (unpaired) electrons. The van der Waals surface area contributed by atoms with Crippen LogP contribution < -0.4 is 11.1 Å². The summed E-state index contributed by atoms with van der Waals surface area (Å²) in [6.45, 7) is 0.717. The van der Waals surface area contributed by atoms with E-state index in [1.807, 2.05) is 24.3 Å². The predicted molar refractivity (Wildman–Crippen MR) is 89.2 cm³/mol. The van der Waals surface area contributed by atoms with E-state index in [9.17, 15) is 10.1 Å². The number of para-hydroxylation sites is 1. The number of nitro groups is 1. The summed E-state index contributed by atoms with van der Waals surface area (Å²) in [6, 6.07) is 13.9. The van der Waals surface area contributed by atoms with Gasteiger partial charge in [0.05, 0.1) is 18.1 Å². The summed E-state index contributed by atoms with van der Waals surface area (Å²) in [5, 5.41) is 13.8. The van der Waals surface area contributed by atoms with Crippen LogP contribution in [0.25, 0.3) is 0 Å². The zero-order valence-electron chi connectivity index (χ0n) is 12.7. The van der Waals surface area contributed by atoms with Crippen LogP contribution in [0.15, 0.2) is 53.5 Å². The SMILES string of the molecule is COCc1ccccc1NC(N)=NCc1cccc([N+](=O)[O-])c1. The molecule has 23 heavy (non-hydrogen) atoms. The normalized spacial score (nSPS) is 11.3. The molecule has 0 spiro atoms. The molecular weight excluding hydrogens is 296 g/mol. The number of rotatable bonds is 6. The molecule has 7 nitrogen and oxygen atoms in total. The van der Waals surface area contributed by atoms with Gasteiger partial charge in [-0.3, -0.25) is 10.1 Å². The van der Waals surface area contributed by atoms with Crippen molar-refractivity contribution >= 4 is 17.3 Å². The average molecular weight is 314 g/mol. The van der Waals surface area contributed by atoms with Crippen LogP contribution in [0, 0.1) is 10.1 Å². The van der Waals surface area contributed by atoms with Crippen LogP contribution in [0.2, 0.25) is 0 Å². The summed E-state index contributed by atoms with van der Waals surface area (Å²) in [6.07, 6.45) is 0. The number of methoxy groups -OCH3 is 1. The number of hydrogen-bond acceptors (Lipinski definition) is 4. The smallest absolute Gasteiger partial charge is 0.269 e. The maximum Gasteiger partial charge on any atom is 0.269 e. The maximum absolute atomic E-state index is 10.8. The highest BCUT2D eigenvalue weighted by Crippen LogP contribution is 2.16. The highest BCUT2D eigenvalue weighted by atomic mass is 16.6. The van der Waals surface area contributed by atoms with E-state index in [-0.39, 0.29) is 18.2 Å². The number of nitrogens with one attached hydrogen (secondary N) is 1.